The Kier molecular flexibility index (Phi) is 46.1. The van der Waals surface area contributed by atoms with Crippen LogP contribution in [0.15, 0.2) is 152 Å². The maximum absolute atomic E-state index is 3.72. The van der Waals surface area contributed by atoms with E-state index in [9.17, 15) is 0 Å². The van der Waals surface area contributed by atoms with Crippen LogP contribution in [0.3, 0.4) is 0 Å². The van der Waals surface area contributed by atoms with E-state index in [1.54, 1.807) is 0 Å². The van der Waals surface area contributed by atoms with Gasteiger partial charge in [-0.3, -0.25) is 0 Å². The molecule has 2 saturated carbocycles. The van der Waals surface area contributed by atoms with Crippen LogP contribution >= 0.6 is 0 Å². The van der Waals surface area contributed by atoms with E-state index in [1.165, 1.54) is 51.4 Å². The zero-order chi connectivity index (χ0) is 34.4. The van der Waals surface area contributed by atoms with Gasteiger partial charge in [-0.2, -0.15) is 123 Å². The van der Waals surface area contributed by atoms with Crippen LogP contribution in [-0.4, -0.2) is 0 Å². The SMILES string of the molecule is C.CC1CCCC1.CC1CCCC1.[CH2-]c1ccccc1.[CH2-]c1ccccc1.[CH2-]c1ccccc1.[CH2-]c1ccccc1.[CH2-]c1ccccc1.[CH3-].[CH3-].[Zr+4].[Zr+4]. The first-order chi connectivity index (χ1) is 22.8. The minimum atomic E-state index is 0. The van der Waals surface area contributed by atoms with E-state index in [2.05, 4.69) is 48.5 Å². The molecule has 0 aliphatic heterocycles. The van der Waals surface area contributed by atoms with E-state index in [4.69, 9.17) is 0 Å². The van der Waals surface area contributed by atoms with Crippen molar-refractivity contribution in [1.29, 1.82) is 0 Å². The van der Waals surface area contributed by atoms with Gasteiger partial charge >= 0.3 is 52.4 Å². The van der Waals surface area contributed by atoms with E-state index in [0.29, 0.717) is 0 Å². The molecule has 0 unspecified atom stereocenters. The molecule has 0 N–H and O–H groups in total. The molecular weight excluding hydrogens is 783 g/mol. The van der Waals surface area contributed by atoms with Crippen molar-refractivity contribution in [3.05, 3.63) is 229 Å². The van der Waals surface area contributed by atoms with Crippen molar-refractivity contribution >= 4 is 0 Å². The Bertz CT molecular complexity index is 1080. The molecule has 0 aromatic heterocycles. The van der Waals surface area contributed by atoms with Crippen molar-refractivity contribution in [2.75, 3.05) is 0 Å². The third-order valence-corrected chi connectivity index (χ3v) is 7.50. The standard InChI is InChI=1S/5C7H7.2C6H12.CH4.2CH3.2Zr/c5*1-7-5-3-2-4-6-7;2*1-6-4-2-3-5-6;;;;;/h5*2-6H,1H2;2*6H,2-5H2,1H3;1H4;2*1H3;;/q5*-1;;;;2*-1;2*+4. The molecule has 0 nitrogen and oxygen atoms in total. The summed E-state index contributed by atoms with van der Waals surface area (Å²) in [7, 11) is 0. The molecule has 2 aliphatic carbocycles. The van der Waals surface area contributed by atoms with Crippen molar-refractivity contribution < 1.29 is 52.4 Å². The second-order valence-electron chi connectivity index (χ2n) is 12.2. The summed E-state index contributed by atoms with van der Waals surface area (Å²) in [4.78, 5) is 0. The molecule has 276 valence electrons. The molecule has 2 aliphatic rings. The van der Waals surface area contributed by atoms with Gasteiger partial charge in [0.25, 0.3) is 0 Å². The van der Waals surface area contributed by atoms with E-state index in [0.717, 1.165) is 39.7 Å². The minimum absolute atomic E-state index is 0. The molecule has 0 amide bonds. The summed E-state index contributed by atoms with van der Waals surface area (Å²) in [6.07, 6.45) is 11.9. The Labute approximate surface area is 362 Å². The Morgan fingerprint density at radius 2 is 0.462 bits per heavy atom. The largest absolute Gasteiger partial charge is 4.00 e. The summed E-state index contributed by atoms with van der Waals surface area (Å²) in [6.45, 7) is 23.3. The van der Waals surface area contributed by atoms with E-state index in [-0.39, 0.29) is 74.7 Å². The zero-order valence-corrected chi connectivity index (χ0v) is 37.2. The van der Waals surface area contributed by atoms with Gasteiger partial charge in [0, 0.05) is 0 Å². The quantitative estimate of drug-likeness (QED) is 0.136. The van der Waals surface area contributed by atoms with Crippen molar-refractivity contribution in [2.45, 2.75) is 72.6 Å². The van der Waals surface area contributed by atoms with Crippen molar-refractivity contribution in [2.24, 2.45) is 11.8 Å². The molecule has 5 aromatic rings. The topological polar surface area (TPSA) is 0 Å². The van der Waals surface area contributed by atoms with Gasteiger partial charge < -0.3 is 14.9 Å². The van der Waals surface area contributed by atoms with Crippen LogP contribution in [0, 0.1) is 61.3 Å². The van der Waals surface area contributed by atoms with E-state index in [1.807, 2.05) is 152 Å². The molecule has 0 saturated heterocycles. The van der Waals surface area contributed by atoms with Gasteiger partial charge in [-0.1, -0.05) is 103 Å². The second kappa shape index (κ2) is 41.0. The monoisotopic (exact) mass is 849 g/mol. The number of hydrogen-bond acceptors (Lipinski definition) is 0. The average Bonchev–Trinajstić information content (AvgIpc) is 3.78. The maximum Gasteiger partial charge on any atom is 4.00 e. The van der Waals surface area contributed by atoms with E-state index >= 15 is 0 Å². The third kappa shape index (κ3) is 38.4. The van der Waals surface area contributed by atoms with Gasteiger partial charge in [0.1, 0.15) is 0 Å². The van der Waals surface area contributed by atoms with E-state index < -0.39 is 0 Å². The van der Waals surface area contributed by atoms with Crippen LogP contribution in [0.25, 0.3) is 0 Å². The summed E-state index contributed by atoms with van der Waals surface area (Å²) in [6, 6.07) is 49.4. The van der Waals surface area contributed by atoms with Crippen LogP contribution in [-0.2, 0) is 52.4 Å². The molecule has 7 rings (SSSR count). The fourth-order valence-electron chi connectivity index (χ4n) is 4.65. The Hall–Kier alpha value is -2.78. The molecule has 0 bridgehead atoms. The maximum atomic E-state index is 3.72. The Morgan fingerprint density at radius 3 is 0.519 bits per heavy atom. The molecule has 5 aromatic carbocycles. The van der Waals surface area contributed by atoms with Gasteiger partial charge in [-0.15, -0.1) is 60.7 Å². The van der Waals surface area contributed by atoms with Gasteiger partial charge in [-0.25, -0.2) is 0 Å². The normalized spacial score (nSPS) is 11.7. The Morgan fingerprint density at radius 1 is 0.327 bits per heavy atom. The van der Waals surface area contributed by atoms with Crippen LogP contribution in [0.2, 0.25) is 0 Å². The first-order valence-electron chi connectivity index (χ1n) is 17.1. The predicted octanol–water partition coefficient (Wildman–Crippen LogP) is 15.3. The summed E-state index contributed by atoms with van der Waals surface area (Å²) in [5, 5.41) is 0. The number of hydrogen-bond donors (Lipinski definition) is 0. The van der Waals surface area contributed by atoms with Gasteiger partial charge in [0.05, 0.1) is 0 Å². The molecule has 2 heteroatoms. The first kappa shape index (κ1) is 58.5. The van der Waals surface area contributed by atoms with Crippen LogP contribution in [0.5, 0.6) is 0 Å². The second-order valence-corrected chi connectivity index (χ2v) is 12.2. The molecule has 0 heterocycles. The van der Waals surface area contributed by atoms with Gasteiger partial charge in [-0.05, 0) is 11.8 Å². The van der Waals surface area contributed by atoms with Crippen LogP contribution in [0.1, 0.15) is 100 Å². The molecule has 0 atom stereocenters. The Balaban J connectivity index is -0.000000163. The van der Waals surface area contributed by atoms with Crippen molar-refractivity contribution in [3.8, 4) is 0 Å². The van der Waals surface area contributed by atoms with Crippen molar-refractivity contribution in [3.63, 3.8) is 0 Å². The zero-order valence-electron chi connectivity index (χ0n) is 32.3. The summed E-state index contributed by atoms with van der Waals surface area (Å²) in [5.41, 5.74) is 5.36. The molecule has 0 radical (unpaired) electrons. The summed E-state index contributed by atoms with van der Waals surface area (Å²) >= 11 is 0. The average molecular weight is 853 g/mol. The fraction of sp³-hybridized carbons (Fsp3) is 0.260. The minimum Gasteiger partial charge on any atom is -0.358 e. The molecule has 0 spiro atoms. The van der Waals surface area contributed by atoms with Crippen molar-refractivity contribution in [1.82, 2.24) is 0 Å². The molecular formula is C50H69Zr2+. The summed E-state index contributed by atoms with van der Waals surface area (Å²) in [5.74, 6) is 2.09. The van der Waals surface area contributed by atoms with Gasteiger partial charge in [0.2, 0.25) is 0 Å². The molecule has 2 fully saturated rings. The smallest absolute Gasteiger partial charge is 0.358 e. The summed E-state index contributed by atoms with van der Waals surface area (Å²) < 4.78 is 0. The predicted molar refractivity (Wildman–Crippen MR) is 229 cm³/mol. The fourth-order valence-corrected chi connectivity index (χ4v) is 4.65. The van der Waals surface area contributed by atoms with Gasteiger partial charge in [0.15, 0.2) is 0 Å². The third-order valence-electron chi connectivity index (χ3n) is 7.50. The number of benzene rings is 5. The van der Waals surface area contributed by atoms with Crippen LogP contribution in [0.4, 0.5) is 0 Å². The first-order valence-corrected chi connectivity index (χ1v) is 17.1. The molecule has 52 heavy (non-hydrogen) atoms. The van der Waals surface area contributed by atoms with Crippen LogP contribution < -0.4 is 0 Å². The number of rotatable bonds is 0.